The SMILES string of the molecule is O=C(COc1cccc(-c2nnc3n2CCCC3)c1)Nc1ccc(C(F)(F)F)cc1. The molecule has 30 heavy (non-hydrogen) atoms. The maximum Gasteiger partial charge on any atom is 0.416 e. The number of aromatic nitrogens is 3. The molecule has 4 rings (SSSR count). The molecule has 0 atom stereocenters. The topological polar surface area (TPSA) is 69.0 Å². The van der Waals surface area contributed by atoms with Crippen molar-refractivity contribution < 1.29 is 22.7 Å². The first-order chi connectivity index (χ1) is 14.4. The van der Waals surface area contributed by atoms with Crippen LogP contribution in [0.25, 0.3) is 11.4 Å². The minimum absolute atomic E-state index is 0.264. The Bertz CT molecular complexity index is 1050. The highest BCUT2D eigenvalue weighted by Crippen LogP contribution is 2.30. The standard InChI is InChI=1S/C21H19F3N4O2/c22-21(23,24)15-7-9-16(10-8-15)25-19(29)13-30-17-5-3-4-14(12-17)20-27-26-18-6-1-2-11-28(18)20/h3-5,7-10,12H,1-2,6,11,13H2,(H,25,29). The molecule has 1 aliphatic heterocycles. The molecule has 6 nitrogen and oxygen atoms in total. The number of alkyl halides is 3. The van der Waals surface area contributed by atoms with Gasteiger partial charge in [0.05, 0.1) is 5.56 Å². The number of nitrogens with zero attached hydrogens (tertiary/aromatic N) is 3. The van der Waals surface area contributed by atoms with Crippen LogP contribution in [0.3, 0.4) is 0 Å². The Morgan fingerprint density at radius 2 is 1.90 bits per heavy atom. The third kappa shape index (κ3) is 4.45. The van der Waals surface area contributed by atoms with E-state index in [1.165, 1.54) is 12.1 Å². The molecule has 0 saturated carbocycles. The number of amides is 1. The van der Waals surface area contributed by atoms with Crippen molar-refractivity contribution in [2.75, 3.05) is 11.9 Å². The summed E-state index contributed by atoms with van der Waals surface area (Å²) < 4.78 is 45.5. The Labute approximate surface area is 170 Å². The second-order valence-electron chi connectivity index (χ2n) is 6.99. The summed E-state index contributed by atoms with van der Waals surface area (Å²) in [5, 5.41) is 11.0. The Morgan fingerprint density at radius 1 is 1.10 bits per heavy atom. The van der Waals surface area contributed by atoms with Gasteiger partial charge in [-0.1, -0.05) is 12.1 Å². The smallest absolute Gasteiger partial charge is 0.416 e. The largest absolute Gasteiger partial charge is 0.484 e. The number of carbonyl (C=O) groups is 1. The van der Waals surface area contributed by atoms with Crippen LogP contribution in [0.5, 0.6) is 5.75 Å². The molecule has 2 aromatic carbocycles. The van der Waals surface area contributed by atoms with Gasteiger partial charge in [0.15, 0.2) is 12.4 Å². The zero-order chi connectivity index (χ0) is 21.1. The van der Waals surface area contributed by atoms with Crippen molar-refractivity contribution in [1.29, 1.82) is 0 Å². The molecule has 156 valence electrons. The minimum atomic E-state index is -4.42. The summed E-state index contributed by atoms with van der Waals surface area (Å²) in [6, 6.07) is 11.5. The van der Waals surface area contributed by atoms with E-state index >= 15 is 0 Å². The molecule has 1 N–H and O–H groups in total. The van der Waals surface area contributed by atoms with E-state index in [0.717, 1.165) is 55.2 Å². The third-order valence-corrected chi connectivity index (χ3v) is 4.82. The lowest BCUT2D eigenvalue weighted by Gasteiger charge is -2.15. The number of carbonyl (C=O) groups excluding carboxylic acids is 1. The fraction of sp³-hybridized carbons (Fsp3) is 0.286. The number of rotatable bonds is 5. The van der Waals surface area contributed by atoms with Crippen LogP contribution in [0.2, 0.25) is 0 Å². The lowest BCUT2D eigenvalue weighted by atomic mass is 10.1. The van der Waals surface area contributed by atoms with Crippen LogP contribution in [0, 0.1) is 0 Å². The highest BCUT2D eigenvalue weighted by atomic mass is 19.4. The van der Waals surface area contributed by atoms with Crippen molar-refractivity contribution >= 4 is 11.6 Å². The summed E-state index contributed by atoms with van der Waals surface area (Å²) in [6.45, 7) is 0.598. The van der Waals surface area contributed by atoms with Gasteiger partial charge in [-0.05, 0) is 49.2 Å². The van der Waals surface area contributed by atoms with Gasteiger partial charge in [-0.25, -0.2) is 0 Å². The fourth-order valence-corrected chi connectivity index (χ4v) is 3.34. The maximum atomic E-state index is 12.6. The maximum absolute atomic E-state index is 12.6. The second kappa shape index (κ2) is 8.17. The van der Waals surface area contributed by atoms with Crippen LogP contribution in [-0.4, -0.2) is 27.3 Å². The van der Waals surface area contributed by atoms with Crippen LogP contribution in [0.1, 0.15) is 24.2 Å². The first-order valence-electron chi connectivity index (χ1n) is 9.52. The minimum Gasteiger partial charge on any atom is -0.484 e. The quantitative estimate of drug-likeness (QED) is 0.673. The molecule has 0 fully saturated rings. The van der Waals surface area contributed by atoms with E-state index in [4.69, 9.17) is 4.74 Å². The van der Waals surface area contributed by atoms with Crippen molar-refractivity contribution in [2.24, 2.45) is 0 Å². The molecule has 1 aromatic heterocycles. The summed E-state index contributed by atoms with van der Waals surface area (Å²) >= 11 is 0. The molecule has 0 unspecified atom stereocenters. The average molecular weight is 416 g/mol. The van der Waals surface area contributed by atoms with Gasteiger partial charge in [-0.2, -0.15) is 13.2 Å². The molecule has 1 amide bonds. The first kappa shape index (κ1) is 19.9. The third-order valence-electron chi connectivity index (χ3n) is 4.82. The lowest BCUT2D eigenvalue weighted by molar-refractivity contribution is -0.137. The van der Waals surface area contributed by atoms with Gasteiger partial charge in [0.2, 0.25) is 0 Å². The number of hydrogen-bond donors (Lipinski definition) is 1. The predicted octanol–water partition coefficient (Wildman–Crippen LogP) is 4.32. The van der Waals surface area contributed by atoms with Gasteiger partial charge in [0.1, 0.15) is 11.6 Å². The number of ether oxygens (including phenoxy) is 1. The molecular formula is C21H19F3N4O2. The van der Waals surface area contributed by atoms with Crippen molar-refractivity contribution in [3.63, 3.8) is 0 Å². The van der Waals surface area contributed by atoms with Crippen LogP contribution in [0.4, 0.5) is 18.9 Å². The number of anilines is 1. The molecule has 2 heterocycles. The highest BCUT2D eigenvalue weighted by molar-refractivity contribution is 5.91. The van der Waals surface area contributed by atoms with Crippen molar-refractivity contribution in [3.05, 3.63) is 59.9 Å². The van der Waals surface area contributed by atoms with E-state index in [9.17, 15) is 18.0 Å². The molecule has 0 saturated heterocycles. The van der Waals surface area contributed by atoms with Gasteiger partial charge in [-0.15, -0.1) is 10.2 Å². The zero-order valence-corrected chi connectivity index (χ0v) is 15.9. The molecule has 0 bridgehead atoms. The van der Waals surface area contributed by atoms with Gasteiger partial charge < -0.3 is 14.6 Å². The number of halogens is 3. The number of benzene rings is 2. The van der Waals surface area contributed by atoms with E-state index in [0.29, 0.717) is 5.75 Å². The van der Waals surface area contributed by atoms with Crippen LogP contribution < -0.4 is 10.1 Å². The van der Waals surface area contributed by atoms with E-state index < -0.39 is 17.6 Å². The first-order valence-corrected chi connectivity index (χ1v) is 9.52. The van der Waals surface area contributed by atoms with E-state index in [-0.39, 0.29) is 12.3 Å². The number of aryl methyl sites for hydroxylation is 1. The van der Waals surface area contributed by atoms with Gasteiger partial charge in [0.25, 0.3) is 5.91 Å². The van der Waals surface area contributed by atoms with E-state index in [2.05, 4.69) is 20.1 Å². The van der Waals surface area contributed by atoms with Crippen LogP contribution in [0.15, 0.2) is 48.5 Å². The average Bonchev–Trinajstić information content (AvgIpc) is 3.16. The molecule has 0 spiro atoms. The summed E-state index contributed by atoms with van der Waals surface area (Å²) in [5.41, 5.74) is 0.334. The van der Waals surface area contributed by atoms with Crippen molar-refractivity contribution in [3.8, 4) is 17.1 Å². The molecule has 0 radical (unpaired) electrons. The van der Waals surface area contributed by atoms with Gasteiger partial charge in [0, 0.05) is 24.2 Å². The van der Waals surface area contributed by atoms with E-state index in [1.807, 2.05) is 12.1 Å². The monoisotopic (exact) mass is 416 g/mol. The predicted molar refractivity (Wildman–Crippen MR) is 104 cm³/mol. The molecule has 9 heteroatoms. The fourth-order valence-electron chi connectivity index (χ4n) is 3.34. The zero-order valence-electron chi connectivity index (χ0n) is 15.9. The number of hydrogen-bond acceptors (Lipinski definition) is 4. The molecule has 1 aliphatic rings. The molecular weight excluding hydrogens is 397 g/mol. The van der Waals surface area contributed by atoms with Crippen molar-refractivity contribution in [1.82, 2.24) is 14.8 Å². The molecule has 3 aromatic rings. The van der Waals surface area contributed by atoms with Crippen molar-refractivity contribution in [2.45, 2.75) is 32.0 Å². The highest BCUT2D eigenvalue weighted by Gasteiger charge is 2.30. The Kier molecular flexibility index (Phi) is 5.43. The van der Waals surface area contributed by atoms with Crippen LogP contribution >= 0.6 is 0 Å². The lowest BCUT2D eigenvalue weighted by Crippen LogP contribution is -2.20. The Morgan fingerprint density at radius 3 is 2.67 bits per heavy atom. The Balaban J connectivity index is 1.38. The summed E-state index contributed by atoms with van der Waals surface area (Å²) in [5.74, 6) is 1.76. The summed E-state index contributed by atoms with van der Waals surface area (Å²) in [7, 11) is 0. The molecule has 0 aliphatic carbocycles. The number of nitrogens with one attached hydrogen (secondary N) is 1. The van der Waals surface area contributed by atoms with Gasteiger partial charge in [-0.3, -0.25) is 4.79 Å². The van der Waals surface area contributed by atoms with E-state index in [1.54, 1.807) is 12.1 Å². The van der Waals surface area contributed by atoms with Crippen LogP contribution in [-0.2, 0) is 23.9 Å². The Hall–Kier alpha value is -3.36. The summed E-state index contributed by atoms with van der Waals surface area (Å²) in [4.78, 5) is 12.1. The normalized spacial score (nSPS) is 13.6. The summed E-state index contributed by atoms with van der Waals surface area (Å²) in [6.07, 6.45) is -1.32. The number of fused-ring (bicyclic) bond motifs is 1. The van der Waals surface area contributed by atoms with Gasteiger partial charge >= 0.3 is 6.18 Å². The second-order valence-corrected chi connectivity index (χ2v) is 6.99.